The molecule has 2 aliphatic carbocycles. The maximum atomic E-state index is 16.0. The molecule has 9 nitrogen and oxygen atoms in total. The highest BCUT2D eigenvalue weighted by Crippen LogP contribution is 2.61. The first-order valence-corrected chi connectivity index (χ1v) is 40.5. The number of fused-ring (bicyclic) bond motifs is 13. The number of unbranched alkanes of at least 4 members (excludes halogenated alkanes) is 20. The van der Waals surface area contributed by atoms with Crippen LogP contribution >= 0.6 is 0 Å². The van der Waals surface area contributed by atoms with Gasteiger partial charge in [-0.25, -0.2) is 0 Å². The molecule has 0 unspecified atom stereocenters. The van der Waals surface area contributed by atoms with Crippen molar-refractivity contribution < 1.29 is 24.9 Å². The Balaban J connectivity index is 0.918. The molecule has 8 aromatic carbocycles. The van der Waals surface area contributed by atoms with Gasteiger partial charge < -0.3 is 25.1 Å². The summed E-state index contributed by atoms with van der Waals surface area (Å²) in [5.74, 6) is -0.317. The Morgan fingerprint density at radius 2 is 0.600 bits per heavy atom. The predicted molar refractivity (Wildman–Crippen MR) is 435 cm³/mol. The van der Waals surface area contributed by atoms with Crippen molar-refractivity contribution in [3.63, 3.8) is 0 Å². The molecule has 4 aliphatic heterocycles. The summed E-state index contributed by atoms with van der Waals surface area (Å²) in [6, 6.07) is 57.5. The third kappa shape index (κ3) is 14.2. The van der Waals surface area contributed by atoms with Crippen molar-refractivity contribution >= 4 is 69.5 Å². The Morgan fingerprint density at radius 1 is 0.314 bits per heavy atom. The van der Waals surface area contributed by atoms with Gasteiger partial charge >= 0.3 is 0 Å². The van der Waals surface area contributed by atoms with E-state index in [9.17, 15) is 15.3 Å². The van der Waals surface area contributed by atoms with E-state index in [1.807, 2.05) is 58.6 Å². The first kappa shape index (κ1) is 73.1. The van der Waals surface area contributed by atoms with Crippen molar-refractivity contribution in [2.75, 3.05) is 9.80 Å². The predicted octanol–water partition coefficient (Wildman–Crippen LogP) is 24.7. The molecule has 0 bridgehead atoms. The summed E-state index contributed by atoms with van der Waals surface area (Å²) < 4.78 is 0. The largest absolute Gasteiger partial charge is 0.392 e. The minimum absolute atomic E-state index is 0.0181. The molecule has 9 heteroatoms. The fourth-order valence-corrected chi connectivity index (χ4v) is 18.5. The number of rotatable bonds is 37. The van der Waals surface area contributed by atoms with E-state index in [0.717, 1.165) is 150 Å². The van der Waals surface area contributed by atoms with Crippen LogP contribution in [0.4, 0.5) is 34.1 Å². The van der Waals surface area contributed by atoms with Crippen molar-refractivity contribution in [2.45, 2.75) is 245 Å². The highest BCUT2D eigenvalue weighted by Gasteiger charge is 2.53. The summed E-state index contributed by atoms with van der Waals surface area (Å²) >= 11 is 0. The Kier molecular flexibility index (Phi) is 22.9. The normalized spacial score (nSPS) is 15.1. The van der Waals surface area contributed by atoms with Gasteiger partial charge in [0, 0.05) is 68.5 Å². The molecule has 0 saturated carbocycles. The van der Waals surface area contributed by atoms with Crippen molar-refractivity contribution in [1.82, 2.24) is 9.80 Å². The lowest BCUT2D eigenvalue weighted by atomic mass is 9.70. The number of aliphatic hydroxyl groups excluding tert-OH is 3. The van der Waals surface area contributed by atoms with Gasteiger partial charge in [0.2, 0.25) is 0 Å². The Hall–Kier alpha value is -8.86. The molecule has 0 spiro atoms. The maximum Gasteiger partial charge on any atom is 0.265 e. The molecule has 105 heavy (non-hydrogen) atoms. The van der Waals surface area contributed by atoms with Crippen molar-refractivity contribution in [2.24, 2.45) is 0 Å². The van der Waals surface area contributed by atoms with E-state index < -0.39 is 0 Å². The standard InChI is InChI=1S/C96H110N4O5/c1-6-10-14-18-22-26-52-95(53-27-23-19-15-11-7-2)85-60-77(99(73-38-30-67(5)31-39-73)74-40-32-68(64-101)33-41-74)46-48-79(85)83-58-71-50-56-97-91(81(71)62-87(83)95)89-90(94(97)105)92-82-63-88-84(59-72(82)51-57-98(92)93(89)104)80-49-47-78(100(75-42-34-69(65-102)35-43-75)76-44-36-70(66-103)37-45-76)61-86(80)96(88,54-28-24-20-16-12-8-3)55-29-25-21-17-13-9-4/h30-51,56-63,101-103H,6-29,52-55,64-66H2,1-5H3. The molecule has 0 saturated heterocycles. The van der Waals surface area contributed by atoms with Crippen LogP contribution in [0.25, 0.3) is 45.8 Å². The van der Waals surface area contributed by atoms with Gasteiger partial charge in [-0.3, -0.25) is 19.4 Å². The van der Waals surface area contributed by atoms with Crippen LogP contribution in [0, 0.1) is 6.92 Å². The fraction of sp³-hybridized carbons (Fsp3) is 0.396. The van der Waals surface area contributed by atoms with Gasteiger partial charge in [0.15, 0.2) is 0 Å². The number of nitrogens with zero attached hydrogens (tertiary/aromatic N) is 4. The van der Waals surface area contributed by atoms with Gasteiger partial charge in [0.1, 0.15) is 0 Å². The fourth-order valence-electron chi connectivity index (χ4n) is 18.5. The highest BCUT2D eigenvalue weighted by atomic mass is 16.3. The van der Waals surface area contributed by atoms with Crippen LogP contribution in [0.2, 0.25) is 0 Å². The monoisotopic (exact) mass is 1400 g/mol. The van der Waals surface area contributed by atoms with Gasteiger partial charge in [-0.05, 0) is 214 Å². The molecule has 6 aliphatic rings. The van der Waals surface area contributed by atoms with Crippen LogP contribution < -0.4 is 9.80 Å². The van der Waals surface area contributed by atoms with E-state index in [4.69, 9.17) is 0 Å². The van der Waals surface area contributed by atoms with Gasteiger partial charge in [-0.1, -0.05) is 248 Å². The molecular weight excluding hydrogens is 1290 g/mol. The van der Waals surface area contributed by atoms with Crippen LogP contribution in [0.5, 0.6) is 0 Å². The number of hydrogen-bond acceptors (Lipinski definition) is 7. The first-order valence-electron chi connectivity index (χ1n) is 40.5. The smallest absolute Gasteiger partial charge is 0.265 e. The maximum absolute atomic E-state index is 16.0. The van der Waals surface area contributed by atoms with E-state index in [-0.39, 0.29) is 42.5 Å². The summed E-state index contributed by atoms with van der Waals surface area (Å²) in [6.07, 6.45) is 40.5. The van der Waals surface area contributed by atoms with E-state index in [1.165, 1.54) is 153 Å². The molecular formula is C96H110N4O5. The summed E-state index contributed by atoms with van der Waals surface area (Å²) in [4.78, 5) is 40.4. The Labute approximate surface area is 625 Å². The van der Waals surface area contributed by atoms with Gasteiger partial charge in [0.05, 0.1) is 42.4 Å². The van der Waals surface area contributed by atoms with Crippen molar-refractivity contribution in [1.29, 1.82) is 0 Å². The summed E-state index contributed by atoms with van der Waals surface area (Å²) in [6.45, 7) is 11.2. The third-order valence-corrected chi connectivity index (χ3v) is 24.2. The molecule has 0 atom stereocenters. The molecule has 8 aromatic rings. The van der Waals surface area contributed by atoms with E-state index in [2.05, 4.69) is 178 Å². The zero-order chi connectivity index (χ0) is 72.6. The quantitative estimate of drug-likeness (QED) is 0.0333. The summed E-state index contributed by atoms with van der Waals surface area (Å²) in [5, 5.41) is 30.6. The molecule has 544 valence electrons. The average molecular weight is 1400 g/mol. The summed E-state index contributed by atoms with van der Waals surface area (Å²) in [7, 11) is 0. The number of aryl methyl sites for hydroxylation is 1. The number of hydrogen-bond donors (Lipinski definition) is 3. The minimum atomic E-state index is -0.376. The number of carbonyl (C=O) groups excluding carboxylic acids is 2. The van der Waals surface area contributed by atoms with Gasteiger partial charge in [0.25, 0.3) is 11.8 Å². The second-order valence-electron chi connectivity index (χ2n) is 31.1. The minimum Gasteiger partial charge on any atom is -0.392 e. The lowest BCUT2D eigenvalue weighted by molar-refractivity contribution is -0.122. The zero-order valence-electron chi connectivity index (χ0n) is 63.2. The number of amides is 2. The molecule has 2 amide bonds. The Bertz CT molecular complexity index is 4480. The van der Waals surface area contributed by atoms with Crippen molar-refractivity contribution in [3.8, 4) is 22.3 Å². The van der Waals surface area contributed by atoms with Crippen LogP contribution in [0.15, 0.2) is 181 Å². The van der Waals surface area contributed by atoms with E-state index >= 15 is 9.59 Å². The lowest BCUT2D eigenvalue weighted by Gasteiger charge is -2.35. The van der Waals surface area contributed by atoms with E-state index in [0.29, 0.717) is 22.5 Å². The molecule has 0 fully saturated rings. The zero-order valence-corrected chi connectivity index (χ0v) is 63.2. The van der Waals surface area contributed by atoms with Crippen LogP contribution in [0.3, 0.4) is 0 Å². The second kappa shape index (κ2) is 32.9. The number of carbonyl (C=O) groups is 2. The van der Waals surface area contributed by atoms with Crippen LogP contribution in [-0.4, -0.2) is 36.9 Å². The summed E-state index contributed by atoms with van der Waals surface area (Å²) in [5.41, 5.74) is 25.8. The SMILES string of the molecule is CCCCCCCCC1(CCCCCCCC)c2cc(N(c3ccc(C)cc3)c3ccc(CO)cc3)ccc2-c2cc3c(cc21)C1=C2C(=O)N4C=Cc5cc6c(cc5C4=C2C(=O)N1C=C3)C(CCCCCCCC)(CCCCCCCC)c1cc(N(c2ccc(CO)cc2)c2ccc(CO)cc2)ccc1-6. The van der Waals surface area contributed by atoms with E-state index in [1.54, 1.807) is 0 Å². The number of benzene rings is 8. The van der Waals surface area contributed by atoms with Gasteiger partial charge in [-0.2, -0.15) is 0 Å². The lowest BCUT2D eigenvalue weighted by Crippen LogP contribution is -2.29. The number of anilines is 6. The van der Waals surface area contributed by atoms with Crippen LogP contribution in [0.1, 0.15) is 274 Å². The molecule has 14 rings (SSSR count). The number of aliphatic hydroxyl groups is 3. The van der Waals surface area contributed by atoms with Crippen LogP contribution in [-0.2, 0) is 40.2 Å². The highest BCUT2D eigenvalue weighted by molar-refractivity contribution is 6.32. The molecule has 3 N–H and O–H groups in total. The second-order valence-corrected chi connectivity index (χ2v) is 31.1. The topological polar surface area (TPSA) is 108 Å². The average Bonchev–Trinajstić information content (AvgIpc) is 1.54. The van der Waals surface area contributed by atoms with Crippen molar-refractivity contribution in [3.05, 3.63) is 248 Å². The molecule has 0 radical (unpaired) electrons. The molecule has 4 heterocycles. The molecule has 0 aromatic heterocycles. The first-order chi connectivity index (χ1) is 51.5. The third-order valence-electron chi connectivity index (χ3n) is 24.2. The Morgan fingerprint density at radius 3 is 0.914 bits per heavy atom. The van der Waals surface area contributed by atoms with Gasteiger partial charge in [-0.15, -0.1) is 0 Å².